The second-order valence-electron chi connectivity index (χ2n) is 6.04. The summed E-state index contributed by atoms with van der Waals surface area (Å²) in [5.74, 6) is 0.254. The summed E-state index contributed by atoms with van der Waals surface area (Å²) in [5, 5.41) is 0. The van der Waals surface area contributed by atoms with Gasteiger partial charge in [0.05, 0.1) is 6.42 Å². The molecule has 0 aliphatic carbocycles. The molecule has 0 bridgehead atoms. The monoisotopic (exact) mass is 294 g/mol. The van der Waals surface area contributed by atoms with Gasteiger partial charge in [-0.2, -0.15) is 0 Å². The van der Waals surface area contributed by atoms with Crippen molar-refractivity contribution in [2.24, 2.45) is 0 Å². The Hall–Kier alpha value is -2.16. The number of hydrogen-bond acceptors (Lipinski definition) is 2. The predicted molar refractivity (Wildman–Crippen MR) is 88.4 cm³/mol. The molecule has 3 rings (SSSR count). The summed E-state index contributed by atoms with van der Waals surface area (Å²) in [7, 11) is 0. The highest BCUT2D eigenvalue weighted by atomic mass is 16.2. The van der Waals surface area contributed by atoms with Crippen LogP contribution in [-0.2, 0) is 11.2 Å². The van der Waals surface area contributed by atoms with Crippen molar-refractivity contribution in [1.82, 2.24) is 9.88 Å². The SMILES string of the molecule is C[C@H]1CCCCN1C(=O)Cc1ccc(-c2ccncc2)cc1. The second-order valence-corrected chi connectivity index (χ2v) is 6.04. The number of benzene rings is 1. The summed E-state index contributed by atoms with van der Waals surface area (Å²) < 4.78 is 0. The first kappa shape index (κ1) is 14.8. The zero-order chi connectivity index (χ0) is 15.4. The first-order valence-electron chi connectivity index (χ1n) is 8.03. The highest BCUT2D eigenvalue weighted by Crippen LogP contribution is 2.21. The molecule has 2 heterocycles. The van der Waals surface area contributed by atoms with E-state index in [2.05, 4.69) is 36.2 Å². The van der Waals surface area contributed by atoms with Crippen molar-refractivity contribution in [3.05, 3.63) is 54.4 Å². The molecule has 0 saturated carbocycles. The molecule has 0 unspecified atom stereocenters. The first-order chi connectivity index (χ1) is 10.7. The molecule has 1 aliphatic rings. The summed E-state index contributed by atoms with van der Waals surface area (Å²) >= 11 is 0. The van der Waals surface area contributed by atoms with E-state index in [0.29, 0.717) is 12.5 Å². The van der Waals surface area contributed by atoms with Gasteiger partial charge >= 0.3 is 0 Å². The van der Waals surface area contributed by atoms with Crippen LogP contribution in [0.15, 0.2) is 48.8 Å². The van der Waals surface area contributed by atoms with Crippen molar-refractivity contribution in [2.45, 2.75) is 38.6 Å². The molecule has 114 valence electrons. The van der Waals surface area contributed by atoms with Crippen molar-refractivity contribution in [2.75, 3.05) is 6.54 Å². The third-order valence-corrected chi connectivity index (χ3v) is 4.45. The molecule has 1 aromatic heterocycles. The summed E-state index contributed by atoms with van der Waals surface area (Å²) in [6.45, 7) is 3.07. The molecule has 3 heteroatoms. The van der Waals surface area contributed by atoms with Crippen molar-refractivity contribution in [3.8, 4) is 11.1 Å². The molecule has 1 aromatic carbocycles. The van der Waals surface area contributed by atoms with Crippen molar-refractivity contribution in [3.63, 3.8) is 0 Å². The Bertz CT molecular complexity index is 622. The van der Waals surface area contributed by atoms with Gasteiger partial charge in [-0.05, 0) is 55.0 Å². The number of aromatic nitrogens is 1. The molecule has 1 aliphatic heterocycles. The maximum Gasteiger partial charge on any atom is 0.227 e. The summed E-state index contributed by atoms with van der Waals surface area (Å²) in [6, 6.07) is 12.7. The van der Waals surface area contributed by atoms with E-state index >= 15 is 0 Å². The van der Waals surface area contributed by atoms with E-state index < -0.39 is 0 Å². The maximum atomic E-state index is 12.5. The number of hydrogen-bond donors (Lipinski definition) is 0. The van der Waals surface area contributed by atoms with Crippen LogP contribution in [0.4, 0.5) is 0 Å². The summed E-state index contributed by atoms with van der Waals surface area (Å²) in [4.78, 5) is 18.5. The lowest BCUT2D eigenvalue weighted by Gasteiger charge is -2.33. The van der Waals surface area contributed by atoms with E-state index in [1.54, 1.807) is 12.4 Å². The number of amides is 1. The van der Waals surface area contributed by atoms with Gasteiger partial charge in [0.25, 0.3) is 0 Å². The molecule has 1 saturated heterocycles. The second kappa shape index (κ2) is 6.73. The lowest BCUT2D eigenvalue weighted by Crippen LogP contribution is -2.42. The lowest BCUT2D eigenvalue weighted by molar-refractivity contribution is -0.133. The van der Waals surface area contributed by atoms with Crippen LogP contribution in [0.3, 0.4) is 0 Å². The van der Waals surface area contributed by atoms with Gasteiger partial charge in [-0.25, -0.2) is 0 Å². The van der Waals surface area contributed by atoms with E-state index in [-0.39, 0.29) is 5.91 Å². The molecular weight excluding hydrogens is 272 g/mol. The zero-order valence-corrected chi connectivity index (χ0v) is 13.0. The van der Waals surface area contributed by atoms with Gasteiger partial charge in [0, 0.05) is 25.0 Å². The average molecular weight is 294 g/mol. The summed E-state index contributed by atoms with van der Waals surface area (Å²) in [5.41, 5.74) is 3.39. The van der Waals surface area contributed by atoms with Crippen LogP contribution in [0.25, 0.3) is 11.1 Å². The molecular formula is C19H22N2O. The number of carbonyl (C=O) groups is 1. The Morgan fingerprint density at radius 2 is 1.77 bits per heavy atom. The van der Waals surface area contributed by atoms with Gasteiger partial charge in [-0.15, -0.1) is 0 Å². The largest absolute Gasteiger partial charge is 0.340 e. The van der Waals surface area contributed by atoms with Crippen LogP contribution >= 0.6 is 0 Å². The molecule has 0 spiro atoms. The first-order valence-corrected chi connectivity index (χ1v) is 8.03. The number of piperidine rings is 1. The van der Waals surface area contributed by atoms with Crippen LogP contribution in [-0.4, -0.2) is 28.4 Å². The molecule has 22 heavy (non-hydrogen) atoms. The van der Waals surface area contributed by atoms with Crippen LogP contribution in [0.2, 0.25) is 0 Å². The average Bonchev–Trinajstić information content (AvgIpc) is 2.57. The molecule has 1 amide bonds. The molecule has 1 atom stereocenters. The Balaban J connectivity index is 1.67. The quantitative estimate of drug-likeness (QED) is 0.865. The van der Waals surface area contributed by atoms with Crippen LogP contribution in [0.5, 0.6) is 0 Å². The Labute approximate surface area is 132 Å². The normalized spacial score (nSPS) is 18.2. The Morgan fingerprint density at radius 3 is 2.45 bits per heavy atom. The number of likely N-dealkylation sites (tertiary alicyclic amines) is 1. The minimum atomic E-state index is 0.254. The molecule has 2 aromatic rings. The smallest absolute Gasteiger partial charge is 0.227 e. The predicted octanol–water partition coefficient (Wildman–Crippen LogP) is 3.69. The van der Waals surface area contributed by atoms with Crippen molar-refractivity contribution >= 4 is 5.91 Å². The fourth-order valence-electron chi connectivity index (χ4n) is 3.10. The minimum Gasteiger partial charge on any atom is -0.340 e. The fourth-order valence-corrected chi connectivity index (χ4v) is 3.10. The third-order valence-electron chi connectivity index (χ3n) is 4.45. The van der Waals surface area contributed by atoms with E-state index in [0.717, 1.165) is 36.1 Å². The highest BCUT2D eigenvalue weighted by Gasteiger charge is 2.22. The van der Waals surface area contributed by atoms with E-state index in [9.17, 15) is 4.79 Å². The van der Waals surface area contributed by atoms with Gasteiger partial charge in [-0.1, -0.05) is 24.3 Å². The molecule has 0 N–H and O–H groups in total. The molecule has 0 radical (unpaired) electrons. The van der Waals surface area contributed by atoms with E-state index in [1.165, 1.54) is 6.42 Å². The Kier molecular flexibility index (Phi) is 4.52. The molecule has 3 nitrogen and oxygen atoms in total. The highest BCUT2D eigenvalue weighted by molar-refractivity contribution is 5.79. The lowest BCUT2D eigenvalue weighted by atomic mass is 10.0. The van der Waals surface area contributed by atoms with Crippen molar-refractivity contribution < 1.29 is 4.79 Å². The van der Waals surface area contributed by atoms with Crippen molar-refractivity contribution in [1.29, 1.82) is 0 Å². The van der Waals surface area contributed by atoms with Gasteiger partial charge < -0.3 is 4.90 Å². The number of rotatable bonds is 3. The topological polar surface area (TPSA) is 33.2 Å². The van der Waals surface area contributed by atoms with Gasteiger partial charge in [0.15, 0.2) is 0 Å². The maximum absolute atomic E-state index is 12.5. The standard InChI is InChI=1S/C19H22N2O/c1-15-4-2-3-13-21(15)19(22)14-16-5-7-17(8-6-16)18-9-11-20-12-10-18/h5-12,15H,2-4,13-14H2,1H3/t15-/m0/s1. The van der Waals surface area contributed by atoms with Crippen LogP contribution < -0.4 is 0 Å². The molecule has 1 fully saturated rings. The van der Waals surface area contributed by atoms with E-state index in [1.807, 2.05) is 17.0 Å². The van der Waals surface area contributed by atoms with Gasteiger partial charge in [-0.3, -0.25) is 9.78 Å². The number of nitrogens with zero attached hydrogens (tertiary/aromatic N) is 2. The van der Waals surface area contributed by atoms with Gasteiger partial charge in [0.1, 0.15) is 0 Å². The number of carbonyl (C=O) groups excluding carboxylic acids is 1. The van der Waals surface area contributed by atoms with Crippen LogP contribution in [0, 0.1) is 0 Å². The third kappa shape index (κ3) is 3.35. The minimum absolute atomic E-state index is 0.254. The Morgan fingerprint density at radius 1 is 1.09 bits per heavy atom. The fraction of sp³-hybridized carbons (Fsp3) is 0.368. The summed E-state index contributed by atoms with van der Waals surface area (Å²) in [6.07, 6.45) is 7.60. The van der Waals surface area contributed by atoms with Gasteiger partial charge in [0.2, 0.25) is 5.91 Å². The van der Waals surface area contributed by atoms with E-state index in [4.69, 9.17) is 0 Å². The number of pyridine rings is 1. The van der Waals surface area contributed by atoms with Crippen LogP contribution in [0.1, 0.15) is 31.7 Å². The zero-order valence-electron chi connectivity index (χ0n) is 13.0.